The number of nitrogens with zero attached hydrogens (tertiary/aromatic N) is 1. The lowest BCUT2D eigenvalue weighted by Gasteiger charge is -2.14. The summed E-state index contributed by atoms with van der Waals surface area (Å²) in [6.45, 7) is 1.31. The molecule has 0 aliphatic heterocycles. The zero-order valence-electron chi connectivity index (χ0n) is 14.1. The van der Waals surface area contributed by atoms with Crippen LogP contribution in [0.1, 0.15) is 24.5 Å². The van der Waals surface area contributed by atoms with Crippen LogP contribution in [0.15, 0.2) is 47.4 Å². The number of fused-ring (bicyclic) bond motifs is 1. The number of benzene rings is 2. The maximum Gasteiger partial charge on any atom is 0.269 e. The lowest BCUT2D eigenvalue weighted by atomic mass is 10.1. The van der Waals surface area contributed by atoms with Crippen molar-refractivity contribution in [2.45, 2.75) is 36.3 Å². The van der Waals surface area contributed by atoms with Gasteiger partial charge >= 0.3 is 0 Å². The Morgan fingerprint density at radius 1 is 1.12 bits per heavy atom. The largest absolute Gasteiger partial charge is 0.325 e. The van der Waals surface area contributed by atoms with Crippen molar-refractivity contribution in [1.29, 1.82) is 0 Å². The number of hydrogen-bond acceptors (Lipinski definition) is 5. The Kier molecular flexibility index (Phi) is 4.78. The standard InChI is InChI=1S/C18H18N2O5S/c1-12(26(24,25)17-9-7-16(8-10-17)20(22)23)18(21)19-15-6-5-13-3-2-4-14(13)11-15/h5-12H,2-4H2,1H3,(H,19,21)/t12-/m1/s1. The SMILES string of the molecule is C[C@H](C(=O)Nc1ccc2c(c1)CCC2)S(=O)(=O)c1ccc([N+](=O)[O-])cc1. The van der Waals surface area contributed by atoms with Crippen molar-refractivity contribution < 1.29 is 18.1 Å². The second-order valence-electron chi connectivity index (χ2n) is 6.26. The van der Waals surface area contributed by atoms with E-state index in [0.29, 0.717) is 5.69 Å². The molecule has 2 aromatic rings. The van der Waals surface area contributed by atoms with E-state index < -0.39 is 25.9 Å². The van der Waals surface area contributed by atoms with Gasteiger partial charge in [-0.25, -0.2) is 8.42 Å². The zero-order valence-corrected chi connectivity index (χ0v) is 15.0. The van der Waals surface area contributed by atoms with Gasteiger partial charge in [-0.3, -0.25) is 14.9 Å². The van der Waals surface area contributed by atoms with E-state index in [1.54, 1.807) is 6.07 Å². The molecule has 0 fully saturated rings. The first-order valence-electron chi connectivity index (χ1n) is 8.20. The summed E-state index contributed by atoms with van der Waals surface area (Å²) in [5, 5.41) is 12.0. The Balaban J connectivity index is 1.77. The molecule has 8 heteroatoms. The number of non-ortho nitro benzene ring substituents is 1. The Labute approximate surface area is 151 Å². The van der Waals surface area contributed by atoms with Gasteiger partial charge in [-0.05, 0) is 61.6 Å². The van der Waals surface area contributed by atoms with Gasteiger partial charge < -0.3 is 5.32 Å². The summed E-state index contributed by atoms with van der Waals surface area (Å²) in [4.78, 5) is 22.4. The third-order valence-electron chi connectivity index (χ3n) is 4.58. The van der Waals surface area contributed by atoms with E-state index in [1.807, 2.05) is 12.1 Å². The van der Waals surface area contributed by atoms with Crippen molar-refractivity contribution in [3.8, 4) is 0 Å². The molecule has 0 aromatic heterocycles. The first-order chi connectivity index (χ1) is 12.3. The maximum atomic E-state index is 12.6. The highest BCUT2D eigenvalue weighted by molar-refractivity contribution is 7.92. The molecule has 26 heavy (non-hydrogen) atoms. The average Bonchev–Trinajstić information content (AvgIpc) is 3.08. The van der Waals surface area contributed by atoms with Crippen molar-refractivity contribution in [1.82, 2.24) is 0 Å². The van der Waals surface area contributed by atoms with E-state index >= 15 is 0 Å². The molecule has 0 spiro atoms. The second-order valence-corrected chi connectivity index (χ2v) is 8.53. The molecule has 1 amide bonds. The molecule has 0 unspecified atom stereocenters. The van der Waals surface area contributed by atoms with Crippen molar-refractivity contribution >= 4 is 27.1 Å². The Bertz CT molecular complexity index is 968. The van der Waals surface area contributed by atoms with Gasteiger partial charge in [0.05, 0.1) is 9.82 Å². The highest BCUT2D eigenvalue weighted by Gasteiger charge is 2.30. The molecule has 3 rings (SSSR count). The van der Waals surface area contributed by atoms with Gasteiger partial charge in [-0.1, -0.05) is 6.07 Å². The average molecular weight is 374 g/mol. The normalized spacial score (nSPS) is 14.5. The topological polar surface area (TPSA) is 106 Å². The molecule has 0 heterocycles. The van der Waals surface area contributed by atoms with Crippen LogP contribution < -0.4 is 5.32 Å². The first-order valence-corrected chi connectivity index (χ1v) is 9.74. The molecule has 7 nitrogen and oxygen atoms in total. The van der Waals surface area contributed by atoms with Crippen LogP contribution in [-0.2, 0) is 27.5 Å². The summed E-state index contributed by atoms with van der Waals surface area (Å²) >= 11 is 0. The fourth-order valence-corrected chi connectivity index (χ4v) is 4.26. The number of nitro benzene ring substituents is 1. The molecule has 0 saturated heterocycles. The van der Waals surface area contributed by atoms with Gasteiger partial charge in [0.2, 0.25) is 5.91 Å². The van der Waals surface area contributed by atoms with Crippen LogP contribution in [0.4, 0.5) is 11.4 Å². The van der Waals surface area contributed by atoms with Crippen LogP contribution in [0.5, 0.6) is 0 Å². The third kappa shape index (κ3) is 3.45. The first kappa shape index (κ1) is 18.1. The highest BCUT2D eigenvalue weighted by Crippen LogP contribution is 2.26. The fraction of sp³-hybridized carbons (Fsp3) is 0.278. The number of carbonyl (C=O) groups is 1. The highest BCUT2D eigenvalue weighted by atomic mass is 32.2. The minimum atomic E-state index is -3.95. The van der Waals surface area contributed by atoms with Crippen LogP contribution in [0, 0.1) is 10.1 Å². The number of sulfone groups is 1. The van der Waals surface area contributed by atoms with E-state index in [0.717, 1.165) is 43.5 Å². The van der Waals surface area contributed by atoms with Crippen LogP contribution in [0.3, 0.4) is 0 Å². The summed E-state index contributed by atoms with van der Waals surface area (Å²) in [6.07, 6.45) is 3.06. The molecule has 0 bridgehead atoms. The second kappa shape index (κ2) is 6.87. The van der Waals surface area contributed by atoms with E-state index in [2.05, 4.69) is 5.32 Å². The van der Waals surface area contributed by atoms with Crippen LogP contribution in [-0.4, -0.2) is 24.5 Å². The van der Waals surface area contributed by atoms with Crippen molar-refractivity contribution in [2.24, 2.45) is 0 Å². The van der Waals surface area contributed by atoms with Gasteiger partial charge in [0.1, 0.15) is 5.25 Å². The Morgan fingerprint density at radius 3 is 2.42 bits per heavy atom. The number of anilines is 1. The predicted octanol–water partition coefficient (Wildman–Crippen LogP) is 2.88. The number of hydrogen-bond donors (Lipinski definition) is 1. The maximum absolute atomic E-state index is 12.6. The minimum absolute atomic E-state index is 0.125. The zero-order chi connectivity index (χ0) is 18.9. The van der Waals surface area contributed by atoms with Gasteiger partial charge in [-0.2, -0.15) is 0 Å². The van der Waals surface area contributed by atoms with Gasteiger partial charge in [0.15, 0.2) is 9.84 Å². The lowest BCUT2D eigenvalue weighted by molar-refractivity contribution is -0.384. The molecular formula is C18H18N2O5S. The third-order valence-corrected chi connectivity index (χ3v) is 6.65. The van der Waals surface area contributed by atoms with E-state index in [9.17, 15) is 23.3 Å². The summed E-state index contributed by atoms with van der Waals surface area (Å²) in [6, 6.07) is 10.1. The van der Waals surface area contributed by atoms with Crippen LogP contribution in [0.2, 0.25) is 0 Å². The quantitative estimate of drug-likeness (QED) is 0.640. The lowest BCUT2D eigenvalue weighted by Crippen LogP contribution is -2.32. The van der Waals surface area contributed by atoms with Crippen LogP contribution >= 0.6 is 0 Å². The fourth-order valence-electron chi connectivity index (χ4n) is 3.00. The predicted molar refractivity (Wildman–Crippen MR) is 96.8 cm³/mol. The van der Waals surface area contributed by atoms with Gasteiger partial charge in [0.25, 0.3) is 5.69 Å². The molecule has 1 atom stereocenters. The number of aryl methyl sites for hydroxylation is 2. The summed E-state index contributed by atoms with van der Waals surface area (Å²) in [5.41, 5.74) is 2.80. The number of rotatable bonds is 5. The molecule has 1 aliphatic carbocycles. The summed E-state index contributed by atoms with van der Waals surface area (Å²) < 4.78 is 25.2. The summed E-state index contributed by atoms with van der Waals surface area (Å²) in [5.74, 6) is -0.638. The van der Waals surface area contributed by atoms with Gasteiger partial charge in [-0.15, -0.1) is 0 Å². The molecule has 136 valence electrons. The monoisotopic (exact) mass is 374 g/mol. The number of nitrogens with one attached hydrogen (secondary N) is 1. The Morgan fingerprint density at radius 2 is 1.77 bits per heavy atom. The number of nitro groups is 1. The van der Waals surface area contributed by atoms with E-state index in [4.69, 9.17) is 0 Å². The van der Waals surface area contributed by atoms with Crippen molar-refractivity contribution in [3.63, 3.8) is 0 Å². The summed E-state index contributed by atoms with van der Waals surface area (Å²) in [7, 11) is -3.95. The molecule has 0 saturated carbocycles. The van der Waals surface area contributed by atoms with E-state index in [-0.39, 0.29) is 10.6 Å². The minimum Gasteiger partial charge on any atom is -0.325 e. The van der Waals surface area contributed by atoms with Crippen molar-refractivity contribution in [2.75, 3.05) is 5.32 Å². The molecule has 1 N–H and O–H groups in total. The Hall–Kier alpha value is -2.74. The van der Waals surface area contributed by atoms with E-state index in [1.165, 1.54) is 18.1 Å². The smallest absolute Gasteiger partial charge is 0.269 e. The van der Waals surface area contributed by atoms with Crippen LogP contribution in [0.25, 0.3) is 0 Å². The number of amides is 1. The molecular weight excluding hydrogens is 356 g/mol. The molecule has 2 aromatic carbocycles. The van der Waals surface area contributed by atoms with Gasteiger partial charge in [0, 0.05) is 17.8 Å². The number of carbonyl (C=O) groups excluding carboxylic acids is 1. The molecule has 1 aliphatic rings. The molecule has 0 radical (unpaired) electrons. The van der Waals surface area contributed by atoms with Crippen molar-refractivity contribution in [3.05, 3.63) is 63.7 Å².